The number of nitrogens with two attached hydrogens (primary N) is 1. The van der Waals surface area contributed by atoms with Crippen LogP contribution in [0.15, 0.2) is 12.1 Å². The maximum atomic E-state index is 9.70. The number of aliphatic hydroxyl groups is 1. The van der Waals surface area contributed by atoms with E-state index >= 15 is 0 Å². The van der Waals surface area contributed by atoms with Gasteiger partial charge in [-0.1, -0.05) is 6.07 Å². The van der Waals surface area contributed by atoms with Crippen LogP contribution >= 0.6 is 0 Å². The average Bonchev–Trinajstić information content (AvgIpc) is 2.01. The third-order valence-corrected chi connectivity index (χ3v) is 2.36. The molecule has 0 saturated carbocycles. The molecule has 3 heteroatoms. The zero-order chi connectivity index (χ0) is 10.9. The van der Waals surface area contributed by atoms with Crippen molar-refractivity contribution in [2.75, 3.05) is 0 Å². The van der Waals surface area contributed by atoms with Crippen LogP contribution in [0.5, 0.6) is 5.75 Å². The first kappa shape index (κ1) is 11.0. The summed E-state index contributed by atoms with van der Waals surface area (Å²) in [4.78, 5) is 0. The van der Waals surface area contributed by atoms with Crippen LogP contribution in [0, 0.1) is 13.8 Å². The smallest absolute Gasteiger partial charge is 0.120 e. The molecule has 1 aromatic carbocycles. The third kappa shape index (κ3) is 2.05. The quantitative estimate of drug-likeness (QED) is 0.668. The Morgan fingerprint density at radius 2 is 1.86 bits per heavy atom. The minimum absolute atomic E-state index is 0.163. The zero-order valence-electron chi connectivity index (χ0n) is 8.78. The van der Waals surface area contributed by atoms with Crippen LogP contribution in [0.4, 0.5) is 0 Å². The molecule has 0 radical (unpaired) electrons. The van der Waals surface area contributed by atoms with E-state index < -0.39 is 12.1 Å². The van der Waals surface area contributed by atoms with Crippen molar-refractivity contribution in [2.24, 2.45) is 5.73 Å². The Bertz CT molecular complexity index is 311. The van der Waals surface area contributed by atoms with Crippen LogP contribution in [0.1, 0.15) is 29.7 Å². The average molecular weight is 195 g/mol. The molecule has 0 saturated heterocycles. The molecule has 78 valence electrons. The molecule has 1 rings (SSSR count). The lowest BCUT2D eigenvalue weighted by molar-refractivity contribution is 0.162. The monoisotopic (exact) mass is 195 g/mol. The number of phenolic OH excluding ortho intramolecular Hbond substituents is 1. The number of hydrogen-bond acceptors (Lipinski definition) is 3. The highest BCUT2D eigenvalue weighted by molar-refractivity contribution is 5.44. The fourth-order valence-corrected chi connectivity index (χ4v) is 1.63. The predicted molar refractivity (Wildman–Crippen MR) is 56.2 cm³/mol. The second kappa shape index (κ2) is 3.98. The van der Waals surface area contributed by atoms with Gasteiger partial charge in [0.1, 0.15) is 5.75 Å². The van der Waals surface area contributed by atoms with Gasteiger partial charge in [-0.2, -0.15) is 0 Å². The van der Waals surface area contributed by atoms with Crippen molar-refractivity contribution >= 4 is 0 Å². The van der Waals surface area contributed by atoms with Crippen LogP contribution in [-0.2, 0) is 0 Å². The van der Waals surface area contributed by atoms with E-state index in [4.69, 9.17) is 5.73 Å². The van der Waals surface area contributed by atoms with Crippen LogP contribution in [-0.4, -0.2) is 16.3 Å². The Morgan fingerprint density at radius 3 is 2.29 bits per heavy atom. The molecule has 1 aromatic rings. The second-order valence-corrected chi connectivity index (χ2v) is 3.78. The highest BCUT2D eigenvalue weighted by Gasteiger charge is 2.18. The van der Waals surface area contributed by atoms with Gasteiger partial charge in [-0.25, -0.2) is 0 Å². The molecule has 0 aliphatic carbocycles. The van der Waals surface area contributed by atoms with E-state index in [1.165, 1.54) is 0 Å². The highest BCUT2D eigenvalue weighted by Crippen LogP contribution is 2.29. The number of benzene rings is 1. The summed E-state index contributed by atoms with van der Waals surface area (Å²) < 4.78 is 0. The number of aromatic hydroxyl groups is 1. The zero-order valence-corrected chi connectivity index (χ0v) is 8.78. The van der Waals surface area contributed by atoms with Gasteiger partial charge in [-0.15, -0.1) is 0 Å². The van der Waals surface area contributed by atoms with Crippen LogP contribution in [0.3, 0.4) is 0 Å². The van der Waals surface area contributed by atoms with Crippen LogP contribution < -0.4 is 5.73 Å². The first-order valence-electron chi connectivity index (χ1n) is 4.67. The van der Waals surface area contributed by atoms with E-state index in [0.29, 0.717) is 5.56 Å². The van der Waals surface area contributed by atoms with Gasteiger partial charge in [-0.05, 0) is 38.0 Å². The molecule has 4 N–H and O–H groups in total. The summed E-state index contributed by atoms with van der Waals surface area (Å²) in [5, 5.41) is 19.1. The van der Waals surface area contributed by atoms with E-state index in [0.717, 1.165) is 11.1 Å². The molecule has 0 fully saturated rings. The van der Waals surface area contributed by atoms with Crippen molar-refractivity contribution < 1.29 is 10.2 Å². The molecule has 0 aliphatic rings. The fourth-order valence-electron chi connectivity index (χ4n) is 1.63. The Balaban J connectivity index is 3.20. The number of phenols is 1. The molecular formula is C11H17NO2. The molecule has 0 aliphatic heterocycles. The largest absolute Gasteiger partial charge is 0.508 e. The van der Waals surface area contributed by atoms with Crippen molar-refractivity contribution in [3.63, 3.8) is 0 Å². The molecule has 0 heterocycles. The molecule has 3 nitrogen and oxygen atoms in total. The first-order valence-corrected chi connectivity index (χ1v) is 4.67. The van der Waals surface area contributed by atoms with Crippen molar-refractivity contribution in [3.05, 3.63) is 28.8 Å². The molecule has 0 amide bonds. The minimum Gasteiger partial charge on any atom is -0.508 e. The van der Waals surface area contributed by atoms with Gasteiger partial charge in [0.25, 0.3) is 0 Å². The van der Waals surface area contributed by atoms with E-state index in [9.17, 15) is 10.2 Å². The minimum atomic E-state index is -0.665. The van der Waals surface area contributed by atoms with Crippen molar-refractivity contribution in [3.8, 4) is 5.75 Å². The molecule has 0 aromatic heterocycles. The summed E-state index contributed by atoms with van der Waals surface area (Å²) in [7, 11) is 0. The Morgan fingerprint density at radius 1 is 1.29 bits per heavy atom. The lowest BCUT2D eigenvalue weighted by atomic mass is 9.96. The maximum absolute atomic E-state index is 9.70. The standard InChI is InChI=1S/C11H17NO2/c1-6-4-7(2)10(9(14)5-6)11(12)8(3)13/h4-5,8,11,13-14H,12H2,1-3H3/t8?,11-/m1/s1. The third-order valence-electron chi connectivity index (χ3n) is 2.36. The van der Waals surface area contributed by atoms with Crippen molar-refractivity contribution in [1.29, 1.82) is 0 Å². The van der Waals surface area contributed by atoms with Crippen LogP contribution in [0.2, 0.25) is 0 Å². The van der Waals surface area contributed by atoms with Gasteiger partial charge < -0.3 is 15.9 Å². The number of aryl methyl sites for hydroxylation is 2. The first-order chi connectivity index (χ1) is 6.43. The van der Waals surface area contributed by atoms with E-state index in [1.807, 2.05) is 19.9 Å². The second-order valence-electron chi connectivity index (χ2n) is 3.78. The normalized spacial score (nSPS) is 15.2. The van der Waals surface area contributed by atoms with E-state index in [2.05, 4.69) is 0 Å². The lowest BCUT2D eigenvalue weighted by Gasteiger charge is -2.19. The van der Waals surface area contributed by atoms with Crippen molar-refractivity contribution in [2.45, 2.75) is 32.9 Å². The summed E-state index contributed by atoms with van der Waals surface area (Å²) in [6.45, 7) is 5.40. The summed E-state index contributed by atoms with van der Waals surface area (Å²) in [6, 6.07) is 3.07. The number of aliphatic hydroxyl groups excluding tert-OH is 1. The Hall–Kier alpha value is -1.06. The van der Waals surface area contributed by atoms with Gasteiger partial charge in [0.15, 0.2) is 0 Å². The predicted octanol–water partition coefficient (Wildman–Crippen LogP) is 1.39. The Labute approximate surface area is 84.2 Å². The lowest BCUT2D eigenvalue weighted by Crippen LogP contribution is -2.24. The Kier molecular flexibility index (Phi) is 3.13. The van der Waals surface area contributed by atoms with Gasteiger partial charge in [0.2, 0.25) is 0 Å². The SMILES string of the molecule is Cc1cc(C)c([C@H](N)C(C)O)c(O)c1. The summed E-state index contributed by atoms with van der Waals surface area (Å²) in [5.74, 6) is 0.163. The maximum Gasteiger partial charge on any atom is 0.120 e. The fraction of sp³-hybridized carbons (Fsp3) is 0.455. The van der Waals surface area contributed by atoms with E-state index in [-0.39, 0.29) is 5.75 Å². The molecule has 0 bridgehead atoms. The van der Waals surface area contributed by atoms with Gasteiger partial charge in [0, 0.05) is 5.56 Å². The highest BCUT2D eigenvalue weighted by atomic mass is 16.3. The molecule has 1 unspecified atom stereocenters. The molecule has 0 spiro atoms. The van der Waals surface area contributed by atoms with E-state index in [1.54, 1.807) is 13.0 Å². The number of rotatable bonds is 2. The van der Waals surface area contributed by atoms with Gasteiger partial charge >= 0.3 is 0 Å². The molecular weight excluding hydrogens is 178 g/mol. The van der Waals surface area contributed by atoms with Gasteiger partial charge in [0.05, 0.1) is 12.1 Å². The summed E-state index contributed by atoms with van der Waals surface area (Å²) in [6.07, 6.45) is -0.665. The topological polar surface area (TPSA) is 66.5 Å². The van der Waals surface area contributed by atoms with Crippen LogP contribution in [0.25, 0.3) is 0 Å². The molecule has 2 atom stereocenters. The summed E-state index contributed by atoms with van der Waals surface area (Å²) in [5.41, 5.74) is 8.31. The molecule has 14 heavy (non-hydrogen) atoms. The van der Waals surface area contributed by atoms with Crippen molar-refractivity contribution in [1.82, 2.24) is 0 Å². The number of hydrogen-bond donors (Lipinski definition) is 3. The summed E-state index contributed by atoms with van der Waals surface area (Å²) >= 11 is 0. The van der Waals surface area contributed by atoms with Gasteiger partial charge in [-0.3, -0.25) is 0 Å².